The first-order valence-electron chi connectivity index (χ1n) is 5.27. The summed E-state index contributed by atoms with van der Waals surface area (Å²) in [5.41, 5.74) is 0.519. The third-order valence-corrected chi connectivity index (χ3v) is 4.49. The monoisotopic (exact) mass is 168 g/mol. The average Bonchev–Trinajstić information content (AvgIpc) is 2.53. The maximum Gasteiger partial charge on any atom is 0.0433 e. The summed E-state index contributed by atoms with van der Waals surface area (Å²) >= 11 is 0. The first-order chi connectivity index (χ1) is 5.66. The summed E-state index contributed by atoms with van der Waals surface area (Å²) in [6.45, 7) is 5.19. The van der Waals surface area contributed by atoms with E-state index in [4.69, 9.17) is 5.11 Å². The molecule has 2 rings (SSSR count). The van der Waals surface area contributed by atoms with Crippen molar-refractivity contribution in [2.75, 3.05) is 6.61 Å². The highest BCUT2D eigenvalue weighted by molar-refractivity contribution is 5.01. The Hall–Kier alpha value is -0.0400. The van der Waals surface area contributed by atoms with Crippen LogP contribution >= 0.6 is 0 Å². The molecule has 2 saturated carbocycles. The van der Waals surface area contributed by atoms with Gasteiger partial charge in [-0.2, -0.15) is 0 Å². The summed E-state index contributed by atoms with van der Waals surface area (Å²) in [6.07, 6.45) is 5.35. The van der Waals surface area contributed by atoms with Gasteiger partial charge in [0.25, 0.3) is 0 Å². The molecule has 2 aliphatic rings. The van der Waals surface area contributed by atoms with Crippen LogP contribution < -0.4 is 0 Å². The molecule has 0 radical (unpaired) electrons. The van der Waals surface area contributed by atoms with Crippen LogP contribution in [0.3, 0.4) is 0 Å². The van der Waals surface area contributed by atoms with E-state index >= 15 is 0 Å². The fourth-order valence-corrected chi connectivity index (χ4v) is 3.71. The molecule has 0 aromatic rings. The maximum atomic E-state index is 8.99. The molecule has 2 bridgehead atoms. The second kappa shape index (κ2) is 2.73. The zero-order chi connectivity index (χ0) is 8.77. The summed E-state index contributed by atoms with van der Waals surface area (Å²) < 4.78 is 0. The number of aliphatic hydroxyl groups is 1. The second-order valence-electron chi connectivity index (χ2n) is 5.21. The lowest BCUT2D eigenvalue weighted by Gasteiger charge is -2.38. The molecule has 70 valence electrons. The van der Waals surface area contributed by atoms with Crippen molar-refractivity contribution in [2.24, 2.45) is 23.2 Å². The Balaban J connectivity index is 2.12. The Morgan fingerprint density at radius 1 is 1.33 bits per heavy atom. The third kappa shape index (κ3) is 1.02. The van der Waals surface area contributed by atoms with Gasteiger partial charge in [0.2, 0.25) is 0 Å². The molecule has 0 aromatic carbocycles. The average molecular weight is 168 g/mol. The van der Waals surface area contributed by atoms with Gasteiger partial charge >= 0.3 is 0 Å². The van der Waals surface area contributed by atoms with Gasteiger partial charge in [-0.25, -0.2) is 0 Å². The first kappa shape index (κ1) is 8.55. The van der Waals surface area contributed by atoms with Crippen molar-refractivity contribution < 1.29 is 5.11 Å². The molecule has 0 amide bonds. The summed E-state index contributed by atoms with van der Waals surface area (Å²) in [5.74, 6) is 2.71. The number of rotatable bonds is 2. The van der Waals surface area contributed by atoms with Crippen LogP contribution in [0.2, 0.25) is 0 Å². The predicted octanol–water partition coefficient (Wildman–Crippen LogP) is 2.44. The number of fused-ring (bicyclic) bond motifs is 2. The van der Waals surface area contributed by atoms with E-state index in [0.717, 1.165) is 24.2 Å². The van der Waals surface area contributed by atoms with Crippen LogP contribution in [0, 0.1) is 23.2 Å². The van der Waals surface area contributed by atoms with E-state index in [2.05, 4.69) is 13.8 Å². The molecule has 1 nitrogen and oxygen atoms in total. The maximum absolute atomic E-state index is 8.99. The summed E-state index contributed by atoms with van der Waals surface area (Å²) in [4.78, 5) is 0. The molecule has 2 fully saturated rings. The summed E-state index contributed by atoms with van der Waals surface area (Å²) in [7, 11) is 0. The van der Waals surface area contributed by atoms with Crippen molar-refractivity contribution in [3.05, 3.63) is 0 Å². The Morgan fingerprint density at radius 3 is 2.58 bits per heavy atom. The number of hydrogen-bond acceptors (Lipinski definition) is 1. The van der Waals surface area contributed by atoms with Crippen molar-refractivity contribution in [1.29, 1.82) is 0 Å². The van der Waals surface area contributed by atoms with Gasteiger partial charge in [0, 0.05) is 6.61 Å². The molecule has 2 aliphatic carbocycles. The zero-order valence-corrected chi connectivity index (χ0v) is 8.21. The van der Waals surface area contributed by atoms with Crippen LogP contribution in [0.15, 0.2) is 0 Å². The zero-order valence-electron chi connectivity index (χ0n) is 8.21. The highest BCUT2D eigenvalue weighted by atomic mass is 16.3. The Bertz CT molecular complexity index is 174. The van der Waals surface area contributed by atoms with Crippen LogP contribution in [0.4, 0.5) is 0 Å². The van der Waals surface area contributed by atoms with E-state index in [1.54, 1.807) is 0 Å². The van der Waals surface area contributed by atoms with Crippen molar-refractivity contribution in [1.82, 2.24) is 0 Å². The lowest BCUT2D eigenvalue weighted by Crippen LogP contribution is -2.31. The molecule has 1 N–H and O–H groups in total. The molecular weight excluding hydrogens is 148 g/mol. The molecule has 0 saturated heterocycles. The molecule has 1 heteroatoms. The summed E-state index contributed by atoms with van der Waals surface area (Å²) in [5, 5.41) is 8.99. The number of hydrogen-bond donors (Lipinski definition) is 1. The Morgan fingerprint density at radius 2 is 2.08 bits per heavy atom. The topological polar surface area (TPSA) is 20.2 Å². The van der Waals surface area contributed by atoms with Gasteiger partial charge in [0.05, 0.1) is 0 Å². The standard InChI is InChI=1S/C11H20O/c1-11(2)9-4-3-8(7-9)10(11)5-6-12/h8-10,12H,3-7H2,1-2H3/t8-,9+,10-/m0/s1. The molecule has 0 spiro atoms. The minimum Gasteiger partial charge on any atom is -0.396 e. The fraction of sp³-hybridized carbons (Fsp3) is 1.00. The smallest absolute Gasteiger partial charge is 0.0433 e. The normalized spacial score (nSPS) is 43.8. The molecule has 12 heavy (non-hydrogen) atoms. The van der Waals surface area contributed by atoms with Crippen LogP contribution in [0.25, 0.3) is 0 Å². The summed E-state index contributed by atoms with van der Waals surface area (Å²) in [6, 6.07) is 0. The molecule has 3 atom stereocenters. The SMILES string of the molecule is CC1(C)[C@@H]2CC[C@@H](C2)[C@@H]1CCO. The highest BCUT2D eigenvalue weighted by Crippen LogP contribution is 2.60. The molecule has 0 aromatic heterocycles. The third-order valence-electron chi connectivity index (χ3n) is 4.49. The molecule has 0 unspecified atom stereocenters. The number of aliphatic hydroxyl groups excluding tert-OH is 1. The molecular formula is C11H20O. The molecule has 0 aliphatic heterocycles. The van der Waals surface area contributed by atoms with Gasteiger partial charge in [-0.1, -0.05) is 13.8 Å². The van der Waals surface area contributed by atoms with Crippen LogP contribution in [-0.2, 0) is 0 Å². The minimum atomic E-state index is 0.386. The van der Waals surface area contributed by atoms with Crippen LogP contribution in [0.1, 0.15) is 39.5 Å². The highest BCUT2D eigenvalue weighted by Gasteiger charge is 2.51. The van der Waals surface area contributed by atoms with Gasteiger partial charge < -0.3 is 5.11 Å². The van der Waals surface area contributed by atoms with Crippen molar-refractivity contribution in [3.63, 3.8) is 0 Å². The minimum absolute atomic E-state index is 0.386. The predicted molar refractivity (Wildman–Crippen MR) is 49.8 cm³/mol. The molecule has 0 heterocycles. The lowest BCUT2D eigenvalue weighted by molar-refractivity contribution is 0.0940. The van der Waals surface area contributed by atoms with E-state index < -0.39 is 0 Å². The second-order valence-corrected chi connectivity index (χ2v) is 5.21. The first-order valence-corrected chi connectivity index (χ1v) is 5.27. The largest absolute Gasteiger partial charge is 0.396 e. The Kier molecular flexibility index (Phi) is 1.95. The Labute approximate surface area is 75.2 Å². The van der Waals surface area contributed by atoms with Crippen molar-refractivity contribution in [2.45, 2.75) is 39.5 Å². The lowest BCUT2D eigenvalue weighted by atomic mass is 9.67. The van der Waals surface area contributed by atoms with Gasteiger partial charge in [-0.05, 0) is 48.9 Å². The van der Waals surface area contributed by atoms with E-state index in [1.165, 1.54) is 19.3 Å². The van der Waals surface area contributed by atoms with Crippen molar-refractivity contribution in [3.8, 4) is 0 Å². The van der Waals surface area contributed by atoms with Gasteiger partial charge in [0.1, 0.15) is 0 Å². The van der Waals surface area contributed by atoms with E-state index in [0.29, 0.717) is 12.0 Å². The van der Waals surface area contributed by atoms with Gasteiger partial charge in [0.15, 0.2) is 0 Å². The van der Waals surface area contributed by atoms with Gasteiger partial charge in [-0.3, -0.25) is 0 Å². The van der Waals surface area contributed by atoms with E-state index in [-0.39, 0.29) is 0 Å². The van der Waals surface area contributed by atoms with Crippen LogP contribution in [0.5, 0.6) is 0 Å². The fourth-order valence-electron chi connectivity index (χ4n) is 3.71. The quantitative estimate of drug-likeness (QED) is 0.671. The van der Waals surface area contributed by atoms with E-state index in [1.807, 2.05) is 0 Å². The van der Waals surface area contributed by atoms with Gasteiger partial charge in [-0.15, -0.1) is 0 Å². The van der Waals surface area contributed by atoms with Crippen LogP contribution in [-0.4, -0.2) is 11.7 Å². The van der Waals surface area contributed by atoms with Crippen molar-refractivity contribution >= 4 is 0 Å². The van der Waals surface area contributed by atoms with E-state index in [9.17, 15) is 0 Å².